The predicted octanol–water partition coefficient (Wildman–Crippen LogP) is -10.5. The van der Waals surface area contributed by atoms with Crippen LogP contribution in [-0.2, 0) is 4.79 Å². The Morgan fingerprint density at radius 1 is 0.361 bits per heavy atom. The first-order chi connectivity index (χ1) is 16.6. The molecule has 12 atom stereocenters. The van der Waals surface area contributed by atoms with E-state index in [1.807, 2.05) is 0 Å². The summed E-state index contributed by atoms with van der Waals surface area (Å²) in [6.45, 7) is -3.66. The van der Waals surface area contributed by atoms with E-state index in [2.05, 4.69) is 0 Å². The van der Waals surface area contributed by atoms with Gasteiger partial charge in [0, 0.05) is 0 Å². The summed E-state index contributed by atoms with van der Waals surface area (Å²) in [5.74, 6) is 0. The van der Waals surface area contributed by atoms with Crippen LogP contribution in [0.2, 0.25) is 0 Å². The molecular formula is C18H40O18. The van der Waals surface area contributed by atoms with E-state index in [0.29, 0.717) is 0 Å². The Hall–Kier alpha value is -1.01. The summed E-state index contributed by atoms with van der Waals surface area (Å²) in [7, 11) is 0. The zero-order valence-electron chi connectivity index (χ0n) is 19.1. The Kier molecular flexibility index (Phi) is 24.2. The molecule has 0 bridgehead atoms. The Bertz CT molecular complexity index is 458. The molecule has 0 spiro atoms. The fraction of sp³-hybridized carbons (Fsp3) is 0.944. The Morgan fingerprint density at radius 2 is 0.528 bits per heavy atom. The number of carbonyl (C=O) groups excluding carboxylic acids is 1. The quantitative estimate of drug-likeness (QED) is 0.0850. The van der Waals surface area contributed by atoms with Crippen LogP contribution in [0.1, 0.15) is 0 Å². The lowest BCUT2D eigenvalue weighted by molar-refractivity contribution is -0.136. The molecule has 0 saturated carbocycles. The highest BCUT2D eigenvalue weighted by molar-refractivity contribution is 5.56. The molecule has 0 saturated heterocycles. The summed E-state index contributed by atoms with van der Waals surface area (Å²) in [6.07, 6.45) is -19.6. The Labute approximate surface area is 205 Å². The third kappa shape index (κ3) is 15.3. The highest BCUT2D eigenvalue weighted by atomic mass is 16.4. The standard InChI is InChI=1S/2C6H14O6.C6H12O6/c3*7-1-3(9)5(11)6(12)4(10)2-8/h2*3-12H,1-2H2;1,3-6,8-12H,2H2. The summed E-state index contributed by atoms with van der Waals surface area (Å²) in [4.78, 5) is 9.90. The van der Waals surface area contributed by atoms with Crippen molar-refractivity contribution in [2.24, 2.45) is 0 Å². The van der Waals surface area contributed by atoms with Gasteiger partial charge in [-0.25, -0.2) is 0 Å². The lowest BCUT2D eigenvalue weighted by Gasteiger charge is -2.24. The molecule has 17 N–H and O–H groups in total. The van der Waals surface area contributed by atoms with E-state index in [4.69, 9.17) is 86.8 Å². The minimum Gasteiger partial charge on any atom is -0.394 e. The summed E-state index contributed by atoms with van der Waals surface area (Å²) >= 11 is 0. The molecular weight excluding hydrogens is 504 g/mol. The molecule has 0 radical (unpaired) electrons. The summed E-state index contributed by atoms with van der Waals surface area (Å²) in [6, 6.07) is 0. The molecule has 0 aliphatic rings. The van der Waals surface area contributed by atoms with Crippen molar-refractivity contribution < 1.29 is 91.6 Å². The molecule has 0 amide bonds. The predicted molar refractivity (Wildman–Crippen MR) is 114 cm³/mol. The molecule has 36 heavy (non-hydrogen) atoms. The van der Waals surface area contributed by atoms with Gasteiger partial charge in [0.1, 0.15) is 73.2 Å². The molecule has 18 heteroatoms. The lowest BCUT2D eigenvalue weighted by atomic mass is 10.0. The van der Waals surface area contributed by atoms with Crippen molar-refractivity contribution in [1.29, 1.82) is 0 Å². The van der Waals surface area contributed by atoms with Gasteiger partial charge in [-0.1, -0.05) is 0 Å². The normalized spacial score (nSPS) is 21.4. The largest absolute Gasteiger partial charge is 0.394 e. The van der Waals surface area contributed by atoms with Crippen molar-refractivity contribution >= 4 is 6.29 Å². The minimum atomic E-state index is -1.79. The number of carbonyl (C=O) groups is 1. The van der Waals surface area contributed by atoms with Crippen LogP contribution in [0.5, 0.6) is 0 Å². The zero-order valence-corrected chi connectivity index (χ0v) is 19.1. The second-order valence-electron chi connectivity index (χ2n) is 7.32. The van der Waals surface area contributed by atoms with E-state index in [0.717, 1.165) is 0 Å². The van der Waals surface area contributed by atoms with Crippen molar-refractivity contribution in [3.63, 3.8) is 0 Å². The van der Waals surface area contributed by atoms with Crippen LogP contribution in [-0.4, -0.2) is 199 Å². The van der Waals surface area contributed by atoms with Crippen LogP contribution in [0.3, 0.4) is 0 Å². The van der Waals surface area contributed by atoms with Gasteiger partial charge in [-0.15, -0.1) is 0 Å². The van der Waals surface area contributed by atoms with E-state index in [-0.39, 0.29) is 6.29 Å². The van der Waals surface area contributed by atoms with Gasteiger partial charge in [0.05, 0.1) is 33.0 Å². The van der Waals surface area contributed by atoms with Crippen LogP contribution in [0.25, 0.3) is 0 Å². The van der Waals surface area contributed by atoms with Gasteiger partial charge in [-0.2, -0.15) is 0 Å². The molecule has 0 aromatic heterocycles. The van der Waals surface area contributed by atoms with E-state index in [9.17, 15) is 4.79 Å². The summed E-state index contributed by atoms with van der Waals surface area (Å²) < 4.78 is 0. The van der Waals surface area contributed by atoms with Crippen molar-refractivity contribution in [3.05, 3.63) is 0 Å². The molecule has 0 aromatic carbocycles. The van der Waals surface area contributed by atoms with Gasteiger partial charge in [0.15, 0.2) is 6.29 Å². The maximum Gasteiger partial charge on any atom is 0.151 e. The Morgan fingerprint density at radius 3 is 0.667 bits per heavy atom. The zero-order chi connectivity index (χ0) is 29.2. The van der Waals surface area contributed by atoms with Gasteiger partial charge < -0.3 is 91.6 Å². The van der Waals surface area contributed by atoms with Crippen LogP contribution < -0.4 is 0 Å². The number of aldehydes is 1. The SMILES string of the molecule is O=CC(O)C(O)C(O)C(O)CO.OCC(O)C(O)C(O)C(O)CO.OCC(O)C(O)C(O)C(O)CO. The van der Waals surface area contributed by atoms with Crippen molar-refractivity contribution in [2.45, 2.75) is 73.2 Å². The lowest BCUT2D eigenvalue weighted by Crippen LogP contribution is -2.46. The molecule has 18 nitrogen and oxygen atoms in total. The van der Waals surface area contributed by atoms with Gasteiger partial charge in [-0.3, -0.25) is 0 Å². The first-order valence-corrected chi connectivity index (χ1v) is 10.3. The van der Waals surface area contributed by atoms with Crippen molar-refractivity contribution in [3.8, 4) is 0 Å². The fourth-order valence-corrected chi connectivity index (χ4v) is 1.96. The van der Waals surface area contributed by atoms with E-state index in [1.165, 1.54) is 0 Å². The smallest absolute Gasteiger partial charge is 0.151 e. The van der Waals surface area contributed by atoms with Crippen LogP contribution in [0.15, 0.2) is 0 Å². The molecule has 0 rings (SSSR count). The van der Waals surface area contributed by atoms with E-state index in [1.54, 1.807) is 0 Å². The number of aliphatic hydroxyl groups excluding tert-OH is 17. The van der Waals surface area contributed by atoms with E-state index < -0.39 is 106 Å². The van der Waals surface area contributed by atoms with Gasteiger partial charge in [0.2, 0.25) is 0 Å². The molecule has 220 valence electrons. The molecule has 0 fully saturated rings. The second-order valence-corrected chi connectivity index (χ2v) is 7.32. The van der Waals surface area contributed by atoms with Crippen LogP contribution in [0.4, 0.5) is 0 Å². The van der Waals surface area contributed by atoms with Crippen molar-refractivity contribution in [2.75, 3.05) is 33.0 Å². The summed E-state index contributed by atoms with van der Waals surface area (Å²) in [5.41, 5.74) is 0. The Balaban J connectivity index is -0.000000454. The number of aliphatic hydroxyl groups is 17. The average molecular weight is 545 g/mol. The van der Waals surface area contributed by atoms with Crippen molar-refractivity contribution in [1.82, 2.24) is 0 Å². The number of rotatable bonds is 15. The van der Waals surface area contributed by atoms with Crippen LogP contribution in [0, 0.1) is 0 Å². The molecule has 0 heterocycles. The van der Waals surface area contributed by atoms with E-state index >= 15 is 0 Å². The second kappa shape index (κ2) is 22.0. The van der Waals surface area contributed by atoms with Gasteiger partial charge >= 0.3 is 0 Å². The fourth-order valence-electron chi connectivity index (χ4n) is 1.96. The maximum atomic E-state index is 9.90. The average Bonchev–Trinajstić information content (AvgIpc) is 2.92. The third-order valence-corrected chi connectivity index (χ3v) is 4.45. The topological polar surface area (TPSA) is 361 Å². The first-order valence-electron chi connectivity index (χ1n) is 10.3. The molecule has 0 aliphatic carbocycles. The van der Waals surface area contributed by atoms with Gasteiger partial charge in [-0.05, 0) is 0 Å². The van der Waals surface area contributed by atoms with Gasteiger partial charge in [0.25, 0.3) is 0 Å². The highest BCUT2D eigenvalue weighted by Crippen LogP contribution is 2.05. The third-order valence-electron chi connectivity index (χ3n) is 4.45. The van der Waals surface area contributed by atoms with Crippen LogP contribution >= 0.6 is 0 Å². The molecule has 0 aliphatic heterocycles. The highest BCUT2D eigenvalue weighted by Gasteiger charge is 2.31. The minimum absolute atomic E-state index is 0.0258. The monoisotopic (exact) mass is 544 g/mol. The summed E-state index contributed by atoms with van der Waals surface area (Å²) in [5, 5.41) is 148. The molecule has 12 unspecified atom stereocenters. The number of hydrogen-bond acceptors (Lipinski definition) is 18. The first kappa shape index (κ1) is 39.5. The number of hydrogen-bond donors (Lipinski definition) is 17. The maximum absolute atomic E-state index is 9.90. The molecule has 0 aromatic rings.